The van der Waals surface area contributed by atoms with Gasteiger partial charge in [-0.3, -0.25) is 29.4 Å². The third-order valence-corrected chi connectivity index (χ3v) is 10.5. The minimum atomic E-state index is -0.934. The van der Waals surface area contributed by atoms with Crippen molar-refractivity contribution in [1.29, 1.82) is 0 Å². The Morgan fingerprint density at radius 2 is 1.53 bits per heavy atom. The highest BCUT2D eigenvalue weighted by molar-refractivity contribution is 6.02. The highest BCUT2D eigenvalue weighted by Crippen LogP contribution is 2.32. The summed E-state index contributed by atoms with van der Waals surface area (Å²) in [7, 11) is 3.76. The van der Waals surface area contributed by atoms with Crippen LogP contribution in [0, 0.1) is 5.92 Å². The molecule has 4 N–H and O–H groups in total. The predicted octanol–water partition coefficient (Wildman–Crippen LogP) is 6.23. The lowest BCUT2D eigenvalue weighted by molar-refractivity contribution is -0.140. The minimum Gasteiger partial charge on any atom is -0.444 e. The van der Waals surface area contributed by atoms with Crippen LogP contribution in [0.1, 0.15) is 71.9 Å². The van der Waals surface area contributed by atoms with E-state index >= 15 is 0 Å². The van der Waals surface area contributed by atoms with Gasteiger partial charge in [-0.2, -0.15) is 0 Å². The first kappa shape index (κ1) is 41.0. The topological polar surface area (TPSA) is 156 Å². The zero-order valence-electron chi connectivity index (χ0n) is 33.9. The van der Waals surface area contributed by atoms with Crippen LogP contribution >= 0.6 is 0 Å². The highest BCUT2D eigenvalue weighted by atomic mass is 16.6. The number of fused-ring (bicyclic) bond motifs is 1. The number of carbonyl (C=O) groups excluding carboxylic acids is 5. The van der Waals surface area contributed by atoms with Gasteiger partial charge in [0.05, 0.1) is 0 Å². The summed E-state index contributed by atoms with van der Waals surface area (Å²) in [5.41, 5.74) is 4.42. The summed E-state index contributed by atoms with van der Waals surface area (Å²) in [6.45, 7) is 10.0. The molecule has 13 nitrogen and oxygen atoms in total. The van der Waals surface area contributed by atoms with Gasteiger partial charge in [0.2, 0.25) is 23.6 Å². The van der Waals surface area contributed by atoms with Crippen LogP contribution in [0.4, 0.5) is 16.2 Å². The van der Waals surface area contributed by atoms with Crippen molar-refractivity contribution in [2.24, 2.45) is 5.92 Å². The Morgan fingerprint density at radius 1 is 0.842 bits per heavy atom. The Balaban J connectivity index is 1.09. The molecule has 0 unspecified atom stereocenters. The molecule has 3 heterocycles. The molecule has 3 aromatic carbocycles. The van der Waals surface area contributed by atoms with Gasteiger partial charge in [0, 0.05) is 41.1 Å². The molecule has 6 rings (SSSR count). The molecule has 0 aliphatic carbocycles. The van der Waals surface area contributed by atoms with E-state index in [9.17, 15) is 24.0 Å². The smallest absolute Gasteiger partial charge is 0.408 e. The molecule has 2 aliphatic rings. The van der Waals surface area contributed by atoms with E-state index in [1.54, 1.807) is 39.5 Å². The van der Waals surface area contributed by atoms with Gasteiger partial charge < -0.3 is 30.2 Å². The van der Waals surface area contributed by atoms with Crippen LogP contribution in [0.5, 0.6) is 0 Å². The maximum Gasteiger partial charge on any atom is 0.408 e. The molecule has 0 saturated carbocycles. The average Bonchev–Trinajstić information content (AvgIpc) is 3.94. The number of rotatable bonds is 11. The fourth-order valence-corrected chi connectivity index (χ4v) is 7.78. The second-order valence-electron chi connectivity index (χ2n) is 16.6. The van der Waals surface area contributed by atoms with E-state index in [0.717, 1.165) is 46.3 Å². The van der Waals surface area contributed by atoms with Gasteiger partial charge in [-0.1, -0.05) is 56.3 Å². The number of amides is 5. The fraction of sp³-hybridized carbons (Fsp3) is 0.432. The summed E-state index contributed by atoms with van der Waals surface area (Å²) >= 11 is 0. The second kappa shape index (κ2) is 17.2. The summed E-state index contributed by atoms with van der Waals surface area (Å²) in [5, 5.41) is 9.13. The first-order valence-corrected chi connectivity index (χ1v) is 19.8. The minimum absolute atomic E-state index is 0.0799. The van der Waals surface area contributed by atoms with E-state index < -0.39 is 47.7 Å². The Labute approximate surface area is 334 Å². The normalized spacial score (nSPS) is 18.1. The van der Waals surface area contributed by atoms with E-state index in [-0.39, 0.29) is 17.7 Å². The monoisotopic (exact) mass is 777 g/mol. The maximum absolute atomic E-state index is 13.8. The van der Waals surface area contributed by atoms with E-state index in [1.807, 2.05) is 103 Å². The second-order valence-corrected chi connectivity index (χ2v) is 16.6. The van der Waals surface area contributed by atoms with Crippen molar-refractivity contribution in [3.63, 3.8) is 0 Å². The van der Waals surface area contributed by atoms with Crippen molar-refractivity contribution >= 4 is 52.0 Å². The zero-order valence-corrected chi connectivity index (χ0v) is 33.9. The van der Waals surface area contributed by atoms with Gasteiger partial charge in [0.25, 0.3) is 0 Å². The van der Waals surface area contributed by atoms with Crippen molar-refractivity contribution < 1.29 is 28.7 Å². The SMILES string of the molecule is CC(C)[C@@H](NC(=O)OC(C)(C)C)C(=O)NC(=O)[C@@H]1CCCN1c1ccc(-c2cc3cc(NC(=O)[C@@H]4CCCN4C(=O)[C@@H](c4ccccc4)N(C)C)ccc3[nH]2)cc1. The third kappa shape index (κ3) is 9.65. The molecule has 302 valence electrons. The number of hydrogen-bond donors (Lipinski definition) is 4. The molecular formula is C44H55N7O6. The summed E-state index contributed by atoms with van der Waals surface area (Å²) in [5.74, 6) is -1.53. The number of aromatic nitrogens is 1. The molecule has 1 aromatic heterocycles. The number of hydrogen-bond acceptors (Lipinski definition) is 8. The molecular weight excluding hydrogens is 723 g/mol. The predicted molar refractivity (Wildman–Crippen MR) is 221 cm³/mol. The molecule has 2 fully saturated rings. The molecule has 13 heteroatoms. The van der Waals surface area contributed by atoms with Gasteiger partial charge in [-0.25, -0.2) is 4.79 Å². The number of nitrogens with one attached hydrogen (secondary N) is 4. The number of aromatic amines is 1. The van der Waals surface area contributed by atoms with E-state index in [1.165, 1.54) is 0 Å². The van der Waals surface area contributed by atoms with Crippen LogP contribution < -0.4 is 20.9 Å². The van der Waals surface area contributed by atoms with Gasteiger partial charge >= 0.3 is 6.09 Å². The molecule has 0 bridgehead atoms. The lowest BCUT2D eigenvalue weighted by atomic mass is 10.0. The summed E-state index contributed by atoms with van der Waals surface area (Å²) in [6, 6.07) is 22.8. The molecule has 4 aromatic rings. The van der Waals surface area contributed by atoms with E-state index in [4.69, 9.17) is 4.74 Å². The summed E-state index contributed by atoms with van der Waals surface area (Å²) < 4.78 is 5.32. The summed E-state index contributed by atoms with van der Waals surface area (Å²) in [4.78, 5) is 75.5. The quantitative estimate of drug-likeness (QED) is 0.140. The standard InChI is InChI=1S/C44H55N7O6/c1-27(2)37(47-43(56)57-44(3,4)5)41(54)48-40(53)35-15-11-23-50(35)32-20-17-28(18-21-32)34-26-30-25-31(19-22-33(30)46-34)45-39(52)36-16-12-24-51(36)42(55)38(49(6)7)29-13-9-8-10-14-29/h8-10,13-14,17-22,25-27,35-38,46H,11-12,15-16,23-24H2,1-7H3,(H,45,52)(H,47,56)(H,48,53,54)/t35-,36-,37+,38+/m0/s1. The Hall–Kier alpha value is -5.69. The number of likely N-dealkylation sites (N-methyl/N-ethyl adjacent to an activating group) is 1. The Bertz CT molecular complexity index is 2090. The Kier molecular flexibility index (Phi) is 12.4. The summed E-state index contributed by atoms with van der Waals surface area (Å²) in [6.07, 6.45) is 2.03. The molecule has 4 atom stereocenters. The van der Waals surface area contributed by atoms with Crippen LogP contribution in [0.3, 0.4) is 0 Å². The number of ether oxygens (including phenoxy) is 1. The fourth-order valence-electron chi connectivity index (χ4n) is 7.78. The van der Waals surface area contributed by atoms with Crippen molar-refractivity contribution in [1.82, 2.24) is 25.4 Å². The number of nitrogens with zero attached hydrogens (tertiary/aromatic N) is 3. The molecule has 5 amide bonds. The van der Waals surface area contributed by atoms with E-state index in [0.29, 0.717) is 31.6 Å². The lowest BCUT2D eigenvalue weighted by Gasteiger charge is -2.31. The molecule has 2 saturated heterocycles. The number of alkyl carbamates (subject to hydrolysis) is 1. The zero-order chi connectivity index (χ0) is 41.0. The lowest BCUT2D eigenvalue weighted by Crippen LogP contribution is -2.55. The first-order chi connectivity index (χ1) is 27.1. The molecule has 0 radical (unpaired) electrons. The van der Waals surface area contributed by atoms with Crippen LogP contribution in [-0.4, -0.2) is 95.4 Å². The van der Waals surface area contributed by atoms with Gasteiger partial charge in [-0.15, -0.1) is 0 Å². The third-order valence-electron chi connectivity index (χ3n) is 10.5. The van der Waals surface area contributed by atoms with Crippen LogP contribution in [-0.2, 0) is 23.9 Å². The molecule has 2 aliphatic heterocycles. The van der Waals surface area contributed by atoms with Crippen LogP contribution in [0.25, 0.3) is 22.2 Å². The maximum atomic E-state index is 13.8. The first-order valence-electron chi connectivity index (χ1n) is 19.8. The molecule has 57 heavy (non-hydrogen) atoms. The highest BCUT2D eigenvalue weighted by Gasteiger charge is 2.39. The van der Waals surface area contributed by atoms with Gasteiger partial charge in [0.15, 0.2) is 0 Å². The number of H-pyrrole nitrogens is 1. The number of benzene rings is 3. The molecule has 0 spiro atoms. The van der Waals surface area contributed by atoms with E-state index in [2.05, 4.69) is 20.9 Å². The average molecular weight is 778 g/mol. The van der Waals surface area contributed by atoms with Crippen molar-refractivity contribution in [3.8, 4) is 11.3 Å². The number of carbonyl (C=O) groups is 5. The van der Waals surface area contributed by atoms with Crippen LogP contribution in [0.15, 0.2) is 78.9 Å². The van der Waals surface area contributed by atoms with Crippen molar-refractivity contribution in [2.45, 2.75) is 90.1 Å². The number of imide groups is 1. The van der Waals surface area contributed by atoms with Crippen LogP contribution in [0.2, 0.25) is 0 Å². The Morgan fingerprint density at radius 3 is 2.19 bits per heavy atom. The largest absolute Gasteiger partial charge is 0.444 e. The van der Waals surface area contributed by atoms with Crippen molar-refractivity contribution in [2.75, 3.05) is 37.4 Å². The number of likely N-dealkylation sites (tertiary alicyclic amines) is 1. The van der Waals surface area contributed by atoms with Gasteiger partial charge in [0.1, 0.15) is 29.8 Å². The number of anilines is 2. The van der Waals surface area contributed by atoms with Gasteiger partial charge in [-0.05, 0) is 114 Å². The van der Waals surface area contributed by atoms with Crippen molar-refractivity contribution in [3.05, 3.63) is 84.4 Å².